The Bertz CT molecular complexity index is 558. The van der Waals surface area contributed by atoms with Crippen molar-refractivity contribution in [3.63, 3.8) is 0 Å². The lowest BCUT2D eigenvalue weighted by Gasteiger charge is -2.24. The topological polar surface area (TPSA) is 50.8 Å². The predicted molar refractivity (Wildman–Crippen MR) is 92.7 cm³/mol. The lowest BCUT2D eigenvalue weighted by molar-refractivity contribution is -0.154. The van der Waals surface area contributed by atoms with Crippen LogP contribution in [0.2, 0.25) is 5.02 Å². The molecule has 1 N–H and O–H groups in total. The lowest BCUT2D eigenvalue weighted by Crippen LogP contribution is -2.38. The summed E-state index contributed by atoms with van der Waals surface area (Å²) in [5, 5.41) is 3.93. The highest BCUT2D eigenvalue weighted by Gasteiger charge is 2.19. The van der Waals surface area contributed by atoms with Crippen LogP contribution in [-0.2, 0) is 9.53 Å². The van der Waals surface area contributed by atoms with Crippen LogP contribution in [0.15, 0.2) is 18.2 Å². The molecule has 1 aromatic carbocycles. The van der Waals surface area contributed by atoms with E-state index in [9.17, 15) is 4.79 Å². The fourth-order valence-electron chi connectivity index (χ4n) is 1.63. The summed E-state index contributed by atoms with van der Waals surface area (Å²) in [4.78, 5) is 13.4. The van der Waals surface area contributed by atoms with Crippen molar-refractivity contribution in [1.82, 2.24) is 4.90 Å². The van der Waals surface area contributed by atoms with Crippen molar-refractivity contribution in [2.24, 2.45) is 0 Å². The Morgan fingerprint density at radius 2 is 2.05 bits per heavy atom. The van der Waals surface area contributed by atoms with Crippen molar-refractivity contribution < 1.29 is 14.3 Å². The molecule has 0 spiro atoms. The zero-order chi connectivity index (χ0) is 16.9. The van der Waals surface area contributed by atoms with Gasteiger partial charge in [0.25, 0.3) is 0 Å². The number of nitrogens with one attached hydrogen (secondary N) is 1. The fourth-order valence-corrected chi connectivity index (χ4v) is 1.97. The summed E-state index contributed by atoms with van der Waals surface area (Å²) in [5.74, 6) is 0.259. The minimum Gasteiger partial charge on any atom is -0.495 e. The molecule has 0 aromatic heterocycles. The summed E-state index contributed by atoms with van der Waals surface area (Å²) < 4.78 is 10.5. The molecular formula is C15H21ClN2O3S. The zero-order valence-electron chi connectivity index (χ0n) is 13.4. The van der Waals surface area contributed by atoms with Gasteiger partial charge in [0, 0.05) is 12.1 Å². The minimum atomic E-state index is -0.525. The summed E-state index contributed by atoms with van der Waals surface area (Å²) in [6.07, 6.45) is 0. The molecule has 22 heavy (non-hydrogen) atoms. The maximum absolute atomic E-state index is 11.8. The number of halogens is 1. The molecular weight excluding hydrogens is 324 g/mol. The second-order valence-electron chi connectivity index (χ2n) is 5.72. The molecule has 0 amide bonds. The van der Waals surface area contributed by atoms with Crippen LogP contribution in [-0.4, -0.2) is 42.3 Å². The van der Waals surface area contributed by atoms with Crippen molar-refractivity contribution in [2.75, 3.05) is 26.0 Å². The van der Waals surface area contributed by atoms with E-state index in [-0.39, 0.29) is 12.5 Å². The highest BCUT2D eigenvalue weighted by molar-refractivity contribution is 7.80. The monoisotopic (exact) mass is 344 g/mol. The molecule has 5 nitrogen and oxygen atoms in total. The Morgan fingerprint density at radius 3 is 2.59 bits per heavy atom. The standard InChI is InChI=1S/C15H21ClN2O3S/c1-15(2,3)21-13(19)9-18(4)14(22)17-11-8-10(16)6-7-12(11)20-5/h6-8H,9H2,1-5H3,(H,17,22). The quantitative estimate of drug-likeness (QED) is 0.668. The number of nitrogens with zero attached hydrogens (tertiary/aromatic N) is 1. The first-order chi connectivity index (χ1) is 10.1. The lowest BCUT2D eigenvalue weighted by atomic mass is 10.2. The van der Waals surface area contributed by atoms with Gasteiger partial charge in [0.2, 0.25) is 0 Å². The van der Waals surface area contributed by atoms with Gasteiger partial charge in [-0.1, -0.05) is 11.6 Å². The van der Waals surface area contributed by atoms with Gasteiger partial charge >= 0.3 is 5.97 Å². The van der Waals surface area contributed by atoms with Crippen LogP contribution in [0.25, 0.3) is 0 Å². The van der Waals surface area contributed by atoms with Gasteiger partial charge in [-0.15, -0.1) is 0 Å². The molecule has 7 heteroatoms. The number of carbonyl (C=O) groups is 1. The number of thiocarbonyl (C=S) groups is 1. The smallest absolute Gasteiger partial charge is 0.326 e. The Kier molecular flexibility index (Phi) is 6.44. The molecule has 0 atom stereocenters. The molecule has 0 saturated heterocycles. The van der Waals surface area contributed by atoms with E-state index >= 15 is 0 Å². The minimum absolute atomic E-state index is 0.0476. The third-order valence-electron chi connectivity index (χ3n) is 2.54. The van der Waals surface area contributed by atoms with Gasteiger partial charge in [-0.25, -0.2) is 0 Å². The van der Waals surface area contributed by atoms with E-state index in [0.717, 1.165) is 0 Å². The average molecular weight is 345 g/mol. The van der Waals surface area contributed by atoms with Gasteiger partial charge in [-0.05, 0) is 51.2 Å². The summed E-state index contributed by atoms with van der Waals surface area (Å²) >= 11 is 11.2. The number of carbonyl (C=O) groups excluding carboxylic acids is 1. The number of hydrogen-bond acceptors (Lipinski definition) is 4. The van der Waals surface area contributed by atoms with Gasteiger partial charge in [0.1, 0.15) is 17.9 Å². The SMILES string of the molecule is COc1ccc(Cl)cc1NC(=S)N(C)CC(=O)OC(C)(C)C. The van der Waals surface area contributed by atoms with Crippen molar-refractivity contribution in [3.05, 3.63) is 23.2 Å². The number of likely N-dealkylation sites (N-methyl/N-ethyl adjacent to an activating group) is 1. The van der Waals surface area contributed by atoms with Crippen LogP contribution < -0.4 is 10.1 Å². The average Bonchev–Trinajstić information content (AvgIpc) is 2.36. The van der Waals surface area contributed by atoms with Crippen LogP contribution in [0.4, 0.5) is 5.69 Å². The highest BCUT2D eigenvalue weighted by Crippen LogP contribution is 2.27. The van der Waals surface area contributed by atoms with E-state index in [1.165, 1.54) is 0 Å². The maximum Gasteiger partial charge on any atom is 0.326 e. The first-order valence-corrected chi connectivity index (χ1v) is 7.48. The van der Waals surface area contributed by atoms with Crippen molar-refractivity contribution in [1.29, 1.82) is 0 Å². The number of hydrogen-bond donors (Lipinski definition) is 1. The van der Waals surface area contributed by atoms with Crippen molar-refractivity contribution >= 4 is 40.6 Å². The van der Waals surface area contributed by atoms with Crippen LogP contribution in [0.1, 0.15) is 20.8 Å². The van der Waals surface area contributed by atoms with E-state index in [2.05, 4.69) is 5.32 Å². The molecule has 0 fully saturated rings. The fraction of sp³-hybridized carbons (Fsp3) is 0.467. The van der Waals surface area contributed by atoms with E-state index < -0.39 is 5.60 Å². The van der Waals surface area contributed by atoms with E-state index in [1.807, 2.05) is 20.8 Å². The second-order valence-corrected chi connectivity index (χ2v) is 6.54. The van der Waals surface area contributed by atoms with Gasteiger partial charge in [0.15, 0.2) is 5.11 Å². The summed E-state index contributed by atoms with van der Waals surface area (Å²) in [7, 11) is 3.26. The second kappa shape index (κ2) is 7.65. The molecule has 0 aliphatic rings. The van der Waals surface area contributed by atoms with Crippen LogP contribution in [0.5, 0.6) is 5.75 Å². The number of rotatable bonds is 4. The Hall–Kier alpha value is -1.53. The molecule has 1 aromatic rings. The van der Waals surface area contributed by atoms with Gasteiger partial charge in [0.05, 0.1) is 12.8 Å². The number of esters is 1. The molecule has 1 rings (SSSR count). The molecule has 0 saturated carbocycles. The van der Waals surface area contributed by atoms with Crippen LogP contribution in [0, 0.1) is 0 Å². The first kappa shape index (κ1) is 18.5. The van der Waals surface area contributed by atoms with Crippen molar-refractivity contribution in [2.45, 2.75) is 26.4 Å². The van der Waals surface area contributed by atoms with Gasteiger partial charge < -0.3 is 19.7 Å². The van der Waals surface area contributed by atoms with E-state index in [1.54, 1.807) is 37.3 Å². The third-order valence-corrected chi connectivity index (χ3v) is 3.18. The zero-order valence-corrected chi connectivity index (χ0v) is 15.0. The predicted octanol–water partition coefficient (Wildman–Crippen LogP) is 3.32. The maximum atomic E-state index is 11.8. The molecule has 0 heterocycles. The molecule has 0 unspecified atom stereocenters. The number of methoxy groups -OCH3 is 1. The molecule has 0 radical (unpaired) electrons. The number of anilines is 1. The molecule has 0 aliphatic carbocycles. The van der Waals surface area contributed by atoms with E-state index in [4.69, 9.17) is 33.3 Å². The Morgan fingerprint density at radius 1 is 1.41 bits per heavy atom. The number of ether oxygens (including phenoxy) is 2. The van der Waals surface area contributed by atoms with Gasteiger partial charge in [-0.2, -0.15) is 0 Å². The number of benzene rings is 1. The Balaban J connectivity index is 2.69. The Labute approximate surface area is 141 Å². The first-order valence-electron chi connectivity index (χ1n) is 6.70. The van der Waals surface area contributed by atoms with Crippen LogP contribution in [0.3, 0.4) is 0 Å². The molecule has 0 aliphatic heterocycles. The largest absolute Gasteiger partial charge is 0.495 e. The summed E-state index contributed by atoms with van der Waals surface area (Å²) in [5.41, 5.74) is 0.111. The third kappa shape index (κ3) is 6.07. The highest BCUT2D eigenvalue weighted by atomic mass is 35.5. The molecule has 0 bridgehead atoms. The normalized spacial score (nSPS) is 10.8. The van der Waals surface area contributed by atoms with E-state index in [0.29, 0.717) is 21.6 Å². The summed E-state index contributed by atoms with van der Waals surface area (Å²) in [6, 6.07) is 5.16. The molecule has 122 valence electrons. The van der Waals surface area contributed by atoms with Gasteiger partial charge in [-0.3, -0.25) is 4.79 Å². The van der Waals surface area contributed by atoms with Crippen molar-refractivity contribution in [3.8, 4) is 5.75 Å². The summed E-state index contributed by atoms with van der Waals surface area (Å²) in [6.45, 7) is 5.50. The van der Waals surface area contributed by atoms with Crippen LogP contribution >= 0.6 is 23.8 Å².